The van der Waals surface area contributed by atoms with E-state index in [1.807, 2.05) is 27.7 Å². The van der Waals surface area contributed by atoms with E-state index >= 15 is 0 Å². The minimum Gasteiger partial charge on any atom is -0.449 e. The average molecular weight is 727 g/mol. The second kappa shape index (κ2) is 19.9. The van der Waals surface area contributed by atoms with E-state index in [4.69, 9.17) is 4.74 Å². The van der Waals surface area contributed by atoms with Gasteiger partial charge in [0.1, 0.15) is 18.1 Å². The van der Waals surface area contributed by atoms with Crippen LogP contribution in [0.5, 0.6) is 0 Å². The van der Waals surface area contributed by atoms with Crippen LogP contribution in [0.4, 0.5) is 4.79 Å². The Kier molecular flexibility index (Phi) is 16.1. The third-order valence-corrected chi connectivity index (χ3v) is 9.95. The molecule has 0 bridgehead atoms. The number of likely N-dealkylation sites (tertiary alicyclic amines) is 1. The standard InChI is InChI=1S/C38H58N6O8/c1-8-15-28(33(46)35(48)39-20-29(45)41-30(36(49)43(6)7)26-16-11-9-12-17-26)40-34(47)32-25(5)24(4)21-44(32)37(50)31(27-18-13-10-14-19-27)42-38(51)52-22-23(2)3/h9,11-12,16-17,23-25,27-28,30-32H,8,10,13-15,18-22H2,1-7H3,(H,39,48)(H,40,47)(H,41,45)(H,42,51)/t24-,25+,28?,30?,31+,32?/m1/s1. The van der Waals surface area contributed by atoms with Crippen molar-refractivity contribution in [1.82, 2.24) is 31.1 Å². The molecule has 2 aliphatic rings. The van der Waals surface area contributed by atoms with Crippen molar-refractivity contribution in [2.24, 2.45) is 23.7 Å². The molecule has 1 saturated heterocycles. The molecule has 288 valence electrons. The molecule has 0 spiro atoms. The van der Waals surface area contributed by atoms with Gasteiger partial charge in [-0.2, -0.15) is 0 Å². The predicted molar refractivity (Wildman–Crippen MR) is 194 cm³/mol. The number of carbonyl (C=O) groups excluding carboxylic acids is 7. The van der Waals surface area contributed by atoms with Crippen LogP contribution < -0.4 is 21.3 Å². The van der Waals surface area contributed by atoms with Crippen molar-refractivity contribution in [3.8, 4) is 0 Å². The van der Waals surface area contributed by atoms with E-state index in [-0.39, 0.29) is 55.1 Å². The molecular weight excluding hydrogens is 668 g/mol. The summed E-state index contributed by atoms with van der Waals surface area (Å²) >= 11 is 0. The largest absolute Gasteiger partial charge is 0.449 e. The highest BCUT2D eigenvalue weighted by Gasteiger charge is 2.47. The van der Waals surface area contributed by atoms with E-state index in [2.05, 4.69) is 21.3 Å². The molecule has 2 fully saturated rings. The van der Waals surface area contributed by atoms with Gasteiger partial charge in [-0.05, 0) is 48.5 Å². The topological polar surface area (TPSA) is 183 Å². The highest BCUT2D eigenvalue weighted by molar-refractivity contribution is 6.38. The van der Waals surface area contributed by atoms with Gasteiger partial charge in [-0.3, -0.25) is 28.8 Å². The number of hydrogen-bond donors (Lipinski definition) is 4. The zero-order valence-electron chi connectivity index (χ0n) is 31.7. The normalized spacial score (nSPS) is 20.6. The van der Waals surface area contributed by atoms with Crippen molar-refractivity contribution >= 4 is 41.4 Å². The lowest BCUT2D eigenvalue weighted by Crippen LogP contribution is -2.59. The van der Waals surface area contributed by atoms with E-state index in [1.165, 1.54) is 9.80 Å². The minimum absolute atomic E-state index is 0.0548. The zero-order valence-corrected chi connectivity index (χ0v) is 31.7. The Morgan fingerprint density at radius 1 is 0.923 bits per heavy atom. The Bertz CT molecular complexity index is 1410. The number of likely N-dealkylation sites (N-methyl/N-ethyl adjacent to an activating group) is 1. The molecule has 52 heavy (non-hydrogen) atoms. The summed E-state index contributed by atoms with van der Waals surface area (Å²) in [5.74, 6) is -4.31. The third kappa shape index (κ3) is 11.5. The van der Waals surface area contributed by atoms with Crippen molar-refractivity contribution in [2.75, 3.05) is 33.8 Å². The molecule has 0 aromatic heterocycles. The fourth-order valence-corrected chi connectivity index (χ4v) is 6.85. The van der Waals surface area contributed by atoms with Gasteiger partial charge in [0, 0.05) is 20.6 Å². The van der Waals surface area contributed by atoms with E-state index in [1.54, 1.807) is 51.4 Å². The number of benzene rings is 1. The quantitative estimate of drug-likeness (QED) is 0.188. The first-order valence-electron chi connectivity index (χ1n) is 18.6. The molecule has 1 aromatic rings. The fourth-order valence-electron chi connectivity index (χ4n) is 6.85. The van der Waals surface area contributed by atoms with Gasteiger partial charge in [0.25, 0.3) is 5.91 Å². The van der Waals surface area contributed by atoms with Crippen molar-refractivity contribution in [3.63, 3.8) is 0 Å². The van der Waals surface area contributed by atoms with Crippen LogP contribution >= 0.6 is 0 Å². The molecular formula is C38H58N6O8. The molecule has 1 aliphatic heterocycles. The van der Waals surface area contributed by atoms with Crippen molar-refractivity contribution < 1.29 is 38.3 Å². The maximum absolute atomic E-state index is 14.3. The number of carbonyl (C=O) groups is 7. The molecule has 6 atom stereocenters. The van der Waals surface area contributed by atoms with Gasteiger partial charge >= 0.3 is 6.09 Å². The molecule has 14 heteroatoms. The smallest absolute Gasteiger partial charge is 0.407 e. The number of alkyl carbamates (subject to hydrolysis) is 1. The molecule has 3 unspecified atom stereocenters. The minimum atomic E-state index is -1.20. The maximum Gasteiger partial charge on any atom is 0.407 e. The fraction of sp³-hybridized carbons (Fsp3) is 0.658. The molecule has 1 aliphatic carbocycles. The van der Waals surface area contributed by atoms with Crippen molar-refractivity contribution in [2.45, 2.75) is 104 Å². The van der Waals surface area contributed by atoms with Crippen molar-refractivity contribution in [3.05, 3.63) is 35.9 Å². The molecule has 14 nitrogen and oxygen atoms in total. The maximum atomic E-state index is 14.3. The van der Waals surface area contributed by atoms with E-state index in [0.717, 1.165) is 32.1 Å². The first-order valence-corrected chi connectivity index (χ1v) is 18.6. The Hall–Kier alpha value is -4.49. The summed E-state index contributed by atoms with van der Waals surface area (Å²) in [5, 5.41) is 10.5. The lowest BCUT2D eigenvalue weighted by molar-refractivity contribution is -0.144. The van der Waals surface area contributed by atoms with Crippen LogP contribution in [-0.2, 0) is 33.5 Å². The second-order valence-corrected chi connectivity index (χ2v) is 14.8. The van der Waals surface area contributed by atoms with E-state index in [9.17, 15) is 33.6 Å². The first-order chi connectivity index (χ1) is 24.7. The summed E-state index contributed by atoms with van der Waals surface area (Å²) in [7, 11) is 3.12. The van der Waals surface area contributed by atoms with Crippen LogP contribution in [0, 0.1) is 23.7 Å². The van der Waals surface area contributed by atoms with Crippen LogP contribution in [-0.4, -0.2) is 103 Å². The van der Waals surface area contributed by atoms with Crippen LogP contribution in [0.25, 0.3) is 0 Å². The molecule has 4 N–H and O–H groups in total. The molecule has 1 heterocycles. The van der Waals surface area contributed by atoms with Crippen LogP contribution in [0.2, 0.25) is 0 Å². The van der Waals surface area contributed by atoms with Gasteiger partial charge in [-0.25, -0.2) is 4.79 Å². The summed E-state index contributed by atoms with van der Waals surface area (Å²) in [6.07, 6.45) is 4.36. The number of nitrogens with one attached hydrogen (secondary N) is 4. The number of rotatable bonds is 16. The van der Waals surface area contributed by atoms with E-state index < -0.39 is 60.3 Å². The number of ether oxygens (including phenoxy) is 1. The average Bonchev–Trinajstić information content (AvgIpc) is 3.43. The Morgan fingerprint density at radius 2 is 1.58 bits per heavy atom. The summed E-state index contributed by atoms with van der Waals surface area (Å²) in [4.78, 5) is 95.9. The second-order valence-electron chi connectivity index (χ2n) is 14.8. The van der Waals surface area contributed by atoms with Gasteiger partial charge < -0.3 is 35.8 Å². The summed E-state index contributed by atoms with van der Waals surface area (Å²) in [6, 6.07) is 4.64. The number of amides is 6. The summed E-state index contributed by atoms with van der Waals surface area (Å²) in [6.45, 7) is 9.37. The summed E-state index contributed by atoms with van der Waals surface area (Å²) < 4.78 is 5.36. The molecule has 1 aromatic carbocycles. The number of ketones is 1. The van der Waals surface area contributed by atoms with Gasteiger partial charge in [0.2, 0.25) is 29.4 Å². The highest BCUT2D eigenvalue weighted by atomic mass is 16.5. The molecule has 1 saturated carbocycles. The lowest BCUT2D eigenvalue weighted by Gasteiger charge is -2.35. The number of Topliss-reactive ketones (excluding diaryl/α,β-unsaturated/α-hetero) is 1. The third-order valence-electron chi connectivity index (χ3n) is 9.95. The zero-order chi connectivity index (χ0) is 38.5. The lowest BCUT2D eigenvalue weighted by atomic mass is 9.83. The van der Waals surface area contributed by atoms with Crippen LogP contribution in [0.3, 0.4) is 0 Å². The van der Waals surface area contributed by atoms with Gasteiger partial charge in [-0.15, -0.1) is 0 Å². The van der Waals surface area contributed by atoms with Crippen LogP contribution in [0.1, 0.15) is 91.2 Å². The Balaban J connectivity index is 1.71. The summed E-state index contributed by atoms with van der Waals surface area (Å²) in [5.41, 5.74) is 0.553. The monoisotopic (exact) mass is 726 g/mol. The van der Waals surface area contributed by atoms with Gasteiger partial charge in [0.05, 0.1) is 19.2 Å². The SMILES string of the molecule is CCCC(NC(=O)C1[C@@H](C)[C@H](C)CN1C(=O)[C@@H](NC(=O)OCC(C)C)C1CCCCC1)C(=O)C(=O)NCC(=O)NC(C(=O)N(C)C)c1ccccc1. The molecule has 0 radical (unpaired) electrons. The van der Waals surface area contributed by atoms with Gasteiger partial charge in [-0.1, -0.05) is 90.6 Å². The first kappa shape index (κ1) is 41.9. The highest BCUT2D eigenvalue weighted by Crippen LogP contribution is 2.33. The van der Waals surface area contributed by atoms with Crippen molar-refractivity contribution in [1.29, 1.82) is 0 Å². The molecule has 6 amide bonds. The number of nitrogens with zero attached hydrogens (tertiary/aromatic N) is 2. The molecule has 3 rings (SSSR count). The number of hydrogen-bond acceptors (Lipinski definition) is 8. The Labute approximate surface area is 307 Å². The van der Waals surface area contributed by atoms with Gasteiger partial charge in [0.15, 0.2) is 0 Å². The van der Waals surface area contributed by atoms with Crippen LogP contribution in [0.15, 0.2) is 30.3 Å². The predicted octanol–water partition coefficient (Wildman–Crippen LogP) is 2.72. The Morgan fingerprint density at radius 3 is 2.17 bits per heavy atom. The van der Waals surface area contributed by atoms with E-state index in [0.29, 0.717) is 12.0 Å².